The van der Waals surface area contributed by atoms with Crippen LogP contribution in [-0.2, 0) is 19.1 Å². The first kappa shape index (κ1) is 13.3. The Morgan fingerprint density at radius 3 is 2.67 bits per heavy atom. The van der Waals surface area contributed by atoms with Crippen molar-refractivity contribution in [3.8, 4) is 0 Å². The minimum Gasteiger partial charge on any atom is -0.460 e. The van der Waals surface area contributed by atoms with E-state index in [2.05, 4.69) is 10.6 Å². The molecule has 1 atom stereocenters. The highest BCUT2D eigenvalue weighted by molar-refractivity contribution is 5.87. The van der Waals surface area contributed by atoms with Crippen LogP contribution in [0.25, 0.3) is 0 Å². The average Bonchev–Trinajstić information content (AvgIpc) is 2.16. The molecule has 18 heavy (non-hydrogen) atoms. The van der Waals surface area contributed by atoms with E-state index in [-0.39, 0.29) is 23.8 Å². The Morgan fingerprint density at radius 2 is 2.17 bits per heavy atom. The second-order valence-corrected chi connectivity index (χ2v) is 5.98. The lowest BCUT2D eigenvalue weighted by molar-refractivity contribution is -0.159. The van der Waals surface area contributed by atoms with E-state index < -0.39 is 11.6 Å². The Kier molecular flexibility index (Phi) is 3.33. The van der Waals surface area contributed by atoms with E-state index in [1.807, 2.05) is 0 Å². The van der Waals surface area contributed by atoms with Crippen LogP contribution < -0.4 is 10.6 Å². The van der Waals surface area contributed by atoms with Crippen LogP contribution >= 0.6 is 0 Å². The zero-order chi connectivity index (χ0) is 13.4. The van der Waals surface area contributed by atoms with Gasteiger partial charge in [-0.05, 0) is 20.8 Å². The molecular weight excluding hydrogens is 236 g/mol. The molecule has 2 heterocycles. The van der Waals surface area contributed by atoms with Crippen LogP contribution in [0.4, 0.5) is 0 Å². The lowest BCUT2D eigenvalue weighted by Gasteiger charge is -2.47. The van der Waals surface area contributed by atoms with Gasteiger partial charge in [0.2, 0.25) is 5.91 Å². The quantitative estimate of drug-likeness (QED) is 0.656. The first-order valence-corrected chi connectivity index (χ1v) is 6.15. The van der Waals surface area contributed by atoms with Crippen molar-refractivity contribution in [2.45, 2.75) is 44.4 Å². The third-order valence-corrected chi connectivity index (χ3v) is 2.95. The SMILES string of the molecule is CC(C)(C)OC(=O)C[C@@H]1NC2(CNC1=O)COC2. The molecule has 6 nitrogen and oxygen atoms in total. The maximum atomic E-state index is 11.7. The van der Waals surface area contributed by atoms with E-state index in [0.29, 0.717) is 19.8 Å². The summed E-state index contributed by atoms with van der Waals surface area (Å²) in [7, 11) is 0. The molecule has 2 aliphatic rings. The van der Waals surface area contributed by atoms with E-state index in [0.717, 1.165) is 0 Å². The second-order valence-electron chi connectivity index (χ2n) is 5.98. The van der Waals surface area contributed by atoms with Crippen molar-refractivity contribution >= 4 is 11.9 Å². The van der Waals surface area contributed by atoms with Crippen molar-refractivity contribution in [3.05, 3.63) is 0 Å². The topological polar surface area (TPSA) is 76.7 Å². The van der Waals surface area contributed by atoms with Crippen LogP contribution in [0.5, 0.6) is 0 Å². The molecule has 1 amide bonds. The van der Waals surface area contributed by atoms with Gasteiger partial charge < -0.3 is 14.8 Å². The molecule has 2 saturated heterocycles. The van der Waals surface area contributed by atoms with Crippen LogP contribution in [0, 0.1) is 0 Å². The Balaban J connectivity index is 1.90. The molecule has 102 valence electrons. The van der Waals surface area contributed by atoms with Crippen LogP contribution in [0.3, 0.4) is 0 Å². The molecule has 2 aliphatic heterocycles. The normalized spacial score (nSPS) is 26.4. The molecule has 0 radical (unpaired) electrons. The fraction of sp³-hybridized carbons (Fsp3) is 0.833. The van der Waals surface area contributed by atoms with Gasteiger partial charge in [-0.15, -0.1) is 0 Å². The Labute approximate surface area is 106 Å². The zero-order valence-corrected chi connectivity index (χ0v) is 11.0. The lowest BCUT2D eigenvalue weighted by atomic mass is 9.92. The second kappa shape index (κ2) is 4.51. The Hall–Kier alpha value is -1.14. The number of carbonyl (C=O) groups is 2. The summed E-state index contributed by atoms with van der Waals surface area (Å²) < 4.78 is 10.4. The van der Waals surface area contributed by atoms with Gasteiger partial charge in [0, 0.05) is 6.54 Å². The third-order valence-electron chi connectivity index (χ3n) is 2.95. The summed E-state index contributed by atoms with van der Waals surface area (Å²) in [5, 5.41) is 6.00. The van der Waals surface area contributed by atoms with E-state index in [9.17, 15) is 9.59 Å². The largest absolute Gasteiger partial charge is 0.460 e. The van der Waals surface area contributed by atoms with Crippen molar-refractivity contribution in [2.75, 3.05) is 19.8 Å². The summed E-state index contributed by atoms with van der Waals surface area (Å²) in [6.07, 6.45) is 0.0465. The summed E-state index contributed by atoms with van der Waals surface area (Å²) in [6, 6.07) is -0.530. The van der Waals surface area contributed by atoms with Gasteiger partial charge in [0.1, 0.15) is 5.60 Å². The maximum Gasteiger partial charge on any atom is 0.308 e. The number of esters is 1. The molecule has 2 N–H and O–H groups in total. The van der Waals surface area contributed by atoms with Crippen molar-refractivity contribution in [1.82, 2.24) is 10.6 Å². The zero-order valence-electron chi connectivity index (χ0n) is 11.0. The molecule has 1 spiro atoms. The van der Waals surface area contributed by atoms with Crippen LogP contribution in [0.15, 0.2) is 0 Å². The van der Waals surface area contributed by atoms with Crippen LogP contribution in [0.1, 0.15) is 27.2 Å². The molecule has 0 bridgehead atoms. The highest BCUT2D eigenvalue weighted by Crippen LogP contribution is 2.21. The Morgan fingerprint density at radius 1 is 1.50 bits per heavy atom. The lowest BCUT2D eigenvalue weighted by Crippen LogP contribution is -2.74. The highest BCUT2D eigenvalue weighted by Gasteiger charge is 2.45. The average molecular weight is 256 g/mol. The number of carbonyl (C=O) groups excluding carboxylic acids is 2. The number of hydrogen-bond donors (Lipinski definition) is 2. The van der Waals surface area contributed by atoms with Crippen molar-refractivity contribution < 1.29 is 19.1 Å². The summed E-state index contributed by atoms with van der Waals surface area (Å²) in [4.78, 5) is 23.4. The molecule has 2 fully saturated rings. The molecule has 2 rings (SSSR count). The Bertz CT molecular complexity index is 358. The summed E-state index contributed by atoms with van der Waals surface area (Å²) in [6.45, 7) is 7.11. The summed E-state index contributed by atoms with van der Waals surface area (Å²) in [5.74, 6) is -0.522. The highest BCUT2D eigenvalue weighted by atomic mass is 16.6. The maximum absolute atomic E-state index is 11.7. The smallest absolute Gasteiger partial charge is 0.308 e. The van der Waals surface area contributed by atoms with Gasteiger partial charge in [-0.1, -0.05) is 0 Å². The number of piperazine rings is 1. The number of rotatable bonds is 2. The molecule has 0 aromatic heterocycles. The summed E-state index contributed by atoms with van der Waals surface area (Å²) in [5.41, 5.74) is -0.722. The first-order valence-electron chi connectivity index (χ1n) is 6.15. The van der Waals surface area contributed by atoms with Crippen molar-refractivity contribution in [2.24, 2.45) is 0 Å². The van der Waals surface area contributed by atoms with E-state index in [1.54, 1.807) is 20.8 Å². The van der Waals surface area contributed by atoms with Gasteiger partial charge in [-0.3, -0.25) is 14.9 Å². The van der Waals surface area contributed by atoms with Gasteiger partial charge in [-0.25, -0.2) is 0 Å². The first-order chi connectivity index (χ1) is 8.30. The fourth-order valence-electron chi connectivity index (χ4n) is 2.09. The molecule has 0 aromatic rings. The van der Waals surface area contributed by atoms with Crippen molar-refractivity contribution in [3.63, 3.8) is 0 Å². The molecule has 0 aromatic carbocycles. The molecular formula is C12H20N2O4. The van der Waals surface area contributed by atoms with Crippen LogP contribution in [-0.4, -0.2) is 48.8 Å². The van der Waals surface area contributed by atoms with Crippen LogP contribution in [0.2, 0.25) is 0 Å². The molecule has 0 saturated carbocycles. The minimum absolute atomic E-state index is 0.0465. The fourth-order valence-corrected chi connectivity index (χ4v) is 2.09. The minimum atomic E-state index is -0.530. The predicted molar refractivity (Wildman–Crippen MR) is 63.9 cm³/mol. The number of ether oxygens (including phenoxy) is 2. The standard InChI is InChI=1S/C12H20N2O4/c1-11(2,3)18-9(15)4-8-10(16)13-5-12(14-8)6-17-7-12/h8,14H,4-7H2,1-3H3,(H,13,16)/t8-/m0/s1. The van der Waals surface area contributed by atoms with Gasteiger partial charge in [0.15, 0.2) is 0 Å². The van der Waals surface area contributed by atoms with Crippen molar-refractivity contribution in [1.29, 1.82) is 0 Å². The van der Waals surface area contributed by atoms with Gasteiger partial charge in [0.25, 0.3) is 0 Å². The number of hydrogen-bond acceptors (Lipinski definition) is 5. The van der Waals surface area contributed by atoms with Gasteiger partial charge in [0.05, 0.1) is 31.2 Å². The van der Waals surface area contributed by atoms with E-state index >= 15 is 0 Å². The predicted octanol–water partition coefficient (Wildman–Crippen LogP) is -0.425. The third kappa shape index (κ3) is 3.00. The number of nitrogens with one attached hydrogen (secondary N) is 2. The number of amides is 1. The molecule has 0 unspecified atom stereocenters. The molecule has 6 heteroatoms. The van der Waals surface area contributed by atoms with Gasteiger partial charge in [-0.2, -0.15) is 0 Å². The monoisotopic (exact) mass is 256 g/mol. The van der Waals surface area contributed by atoms with E-state index in [4.69, 9.17) is 9.47 Å². The molecule has 0 aliphatic carbocycles. The van der Waals surface area contributed by atoms with Gasteiger partial charge >= 0.3 is 5.97 Å². The van der Waals surface area contributed by atoms with E-state index in [1.165, 1.54) is 0 Å². The summed E-state index contributed by atoms with van der Waals surface area (Å²) >= 11 is 0.